The second kappa shape index (κ2) is 9.77. The molecular weight excluding hydrogens is 464 g/mol. The summed E-state index contributed by atoms with van der Waals surface area (Å²) in [6.07, 6.45) is 3.31. The molecule has 4 heterocycles. The Labute approximate surface area is 205 Å². The van der Waals surface area contributed by atoms with Crippen molar-refractivity contribution in [1.82, 2.24) is 9.30 Å². The van der Waals surface area contributed by atoms with Crippen molar-refractivity contribution in [1.29, 1.82) is 0 Å². The van der Waals surface area contributed by atoms with Crippen molar-refractivity contribution < 1.29 is 18.7 Å². The van der Waals surface area contributed by atoms with Crippen molar-refractivity contribution in [3.05, 3.63) is 94.1 Å². The number of para-hydroxylation sites is 1. The van der Waals surface area contributed by atoms with Gasteiger partial charge in [-0.25, -0.2) is 0 Å². The van der Waals surface area contributed by atoms with E-state index in [0.717, 1.165) is 10.1 Å². The molecule has 0 spiro atoms. The number of benzene rings is 1. The third kappa shape index (κ3) is 4.22. The summed E-state index contributed by atoms with van der Waals surface area (Å²) in [6.45, 7) is 1.02. The van der Waals surface area contributed by atoms with E-state index in [-0.39, 0.29) is 18.0 Å². The van der Waals surface area contributed by atoms with E-state index in [1.54, 1.807) is 54.2 Å². The van der Waals surface area contributed by atoms with Crippen molar-refractivity contribution in [2.45, 2.75) is 6.54 Å². The Kier molecular flexibility index (Phi) is 6.39. The van der Waals surface area contributed by atoms with Gasteiger partial charge in [0.25, 0.3) is 11.5 Å². The first-order valence-electron chi connectivity index (χ1n) is 11.1. The van der Waals surface area contributed by atoms with Crippen LogP contribution in [0.25, 0.3) is 26.7 Å². The number of furan rings is 1. The minimum atomic E-state index is -0.217. The van der Waals surface area contributed by atoms with E-state index < -0.39 is 0 Å². The molecule has 178 valence electrons. The second-order valence-electron chi connectivity index (χ2n) is 8.02. The molecule has 5 aromatic rings. The zero-order valence-electron chi connectivity index (χ0n) is 19.4. The molecule has 0 saturated carbocycles. The van der Waals surface area contributed by atoms with E-state index in [0.29, 0.717) is 46.9 Å². The highest BCUT2D eigenvalue weighted by molar-refractivity contribution is 7.18. The number of thiophene rings is 1. The summed E-state index contributed by atoms with van der Waals surface area (Å²) in [5.74, 6) is 1.01. The zero-order chi connectivity index (χ0) is 24.4. The van der Waals surface area contributed by atoms with E-state index in [1.807, 2.05) is 41.8 Å². The van der Waals surface area contributed by atoms with Gasteiger partial charge in [0.15, 0.2) is 0 Å². The SMILES string of the molecule is COCCN(Cc1ccco1)C(=O)c1cc(-c2ccccc2OC)c(=O)n2ccc3ccsc3c12. The standard InChI is InChI=1S/C27H24N2O5S/c1-32-14-12-28(17-19-6-5-13-34-19)26(30)22-16-21(20-7-3-4-8-23(20)33-2)27(31)29-11-9-18-10-15-35-25(18)24(22)29/h3-11,13,15-16H,12,14,17H2,1-2H3. The van der Waals surface area contributed by atoms with Crippen LogP contribution in [-0.4, -0.2) is 42.6 Å². The van der Waals surface area contributed by atoms with Gasteiger partial charge in [-0.2, -0.15) is 0 Å². The van der Waals surface area contributed by atoms with Gasteiger partial charge in [-0.05, 0) is 47.2 Å². The number of carbonyl (C=O) groups is 1. The van der Waals surface area contributed by atoms with Gasteiger partial charge in [-0.1, -0.05) is 18.2 Å². The van der Waals surface area contributed by atoms with Crippen molar-refractivity contribution in [2.75, 3.05) is 27.4 Å². The Hall–Kier alpha value is -3.88. The summed E-state index contributed by atoms with van der Waals surface area (Å²) in [5.41, 5.74) is 1.83. The van der Waals surface area contributed by atoms with Crippen LogP contribution in [0.1, 0.15) is 16.1 Å². The van der Waals surface area contributed by atoms with Crippen molar-refractivity contribution in [2.24, 2.45) is 0 Å². The molecule has 0 radical (unpaired) electrons. The molecule has 0 saturated heterocycles. The molecule has 0 aliphatic rings. The molecule has 7 nitrogen and oxygen atoms in total. The van der Waals surface area contributed by atoms with Crippen LogP contribution in [0.3, 0.4) is 0 Å². The third-order valence-electron chi connectivity index (χ3n) is 5.95. The summed E-state index contributed by atoms with van der Waals surface area (Å²) in [7, 11) is 3.16. The maximum absolute atomic E-state index is 14.1. The molecule has 1 aromatic carbocycles. The molecule has 0 unspecified atom stereocenters. The summed E-state index contributed by atoms with van der Waals surface area (Å²) < 4.78 is 18.8. The molecule has 0 bridgehead atoms. The second-order valence-corrected chi connectivity index (χ2v) is 8.93. The summed E-state index contributed by atoms with van der Waals surface area (Å²) in [5, 5.41) is 2.94. The van der Waals surface area contributed by atoms with Gasteiger partial charge < -0.3 is 18.8 Å². The average molecular weight is 489 g/mol. The monoisotopic (exact) mass is 488 g/mol. The number of fused-ring (bicyclic) bond motifs is 3. The fourth-order valence-electron chi connectivity index (χ4n) is 4.25. The van der Waals surface area contributed by atoms with Gasteiger partial charge in [0, 0.05) is 25.4 Å². The third-order valence-corrected chi connectivity index (χ3v) is 6.89. The maximum Gasteiger partial charge on any atom is 0.263 e. The number of rotatable bonds is 8. The molecule has 8 heteroatoms. The summed E-state index contributed by atoms with van der Waals surface area (Å²) >= 11 is 1.50. The lowest BCUT2D eigenvalue weighted by molar-refractivity contribution is 0.0668. The molecule has 0 aliphatic heterocycles. The molecule has 4 aromatic heterocycles. The van der Waals surface area contributed by atoms with E-state index in [1.165, 1.54) is 11.3 Å². The molecule has 5 rings (SSSR count). The van der Waals surface area contributed by atoms with Crippen LogP contribution >= 0.6 is 11.3 Å². The number of hydrogen-bond donors (Lipinski definition) is 0. The normalized spacial score (nSPS) is 11.3. The summed E-state index contributed by atoms with van der Waals surface area (Å²) in [4.78, 5) is 29.5. The predicted molar refractivity (Wildman–Crippen MR) is 136 cm³/mol. The van der Waals surface area contributed by atoms with Crippen molar-refractivity contribution in [3.8, 4) is 16.9 Å². The number of amides is 1. The lowest BCUT2D eigenvalue weighted by Gasteiger charge is -2.23. The molecule has 1 amide bonds. The Morgan fingerprint density at radius 2 is 1.94 bits per heavy atom. The molecule has 35 heavy (non-hydrogen) atoms. The Bertz CT molecular complexity index is 1550. The van der Waals surface area contributed by atoms with Crippen LogP contribution in [0.5, 0.6) is 5.75 Å². The topological polar surface area (TPSA) is 73.4 Å². The van der Waals surface area contributed by atoms with Crippen LogP contribution in [0, 0.1) is 0 Å². The average Bonchev–Trinajstić information content (AvgIpc) is 3.58. The van der Waals surface area contributed by atoms with Gasteiger partial charge >= 0.3 is 0 Å². The van der Waals surface area contributed by atoms with Gasteiger partial charge in [0.2, 0.25) is 0 Å². The van der Waals surface area contributed by atoms with Crippen LogP contribution in [0.2, 0.25) is 0 Å². The number of pyridine rings is 2. The van der Waals surface area contributed by atoms with Crippen LogP contribution < -0.4 is 10.3 Å². The highest BCUT2D eigenvalue weighted by Crippen LogP contribution is 2.33. The van der Waals surface area contributed by atoms with Crippen LogP contribution in [-0.2, 0) is 11.3 Å². The first-order valence-corrected chi connectivity index (χ1v) is 12.0. The lowest BCUT2D eigenvalue weighted by Crippen LogP contribution is -2.34. The number of nitrogens with zero attached hydrogens (tertiary/aromatic N) is 2. The maximum atomic E-state index is 14.1. The molecular formula is C27H24N2O5S. The number of hydrogen-bond acceptors (Lipinski definition) is 6. The van der Waals surface area contributed by atoms with E-state index in [9.17, 15) is 9.59 Å². The molecule has 0 fully saturated rings. The van der Waals surface area contributed by atoms with Crippen LogP contribution in [0.15, 0.2) is 81.6 Å². The Morgan fingerprint density at radius 1 is 1.09 bits per heavy atom. The fourth-order valence-corrected chi connectivity index (χ4v) is 5.19. The van der Waals surface area contributed by atoms with E-state index in [2.05, 4.69) is 0 Å². The van der Waals surface area contributed by atoms with Crippen LogP contribution in [0.4, 0.5) is 0 Å². The van der Waals surface area contributed by atoms with Gasteiger partial charge in [-0.3, -0.25) is 14.0 Å². The van der Waals surface area contributed by atoms with Gasteiger partial charge in [-0.15, -0.1) is 11.3 Å². The smallest absolute Gasteiger partial charge is 0.263 e. The van der Waals surface area contributed by atoms with Crippen molar-refractivity contribution >= 4 is 32.8 Å². The van der Waals surface area contributed by atoms with Crippen molar-refractivity contribution in [3.63, 3.8) is 0 Å². The highest BCUT2D eigenvalue weighted by Gasteiger charge is 2.24. The number of aromatic nitrogens is 1. The van der Waals surface area contributed by atoms with E-state index in [4.69, 9.17) is 13.9 Å². The molecule has 0 aliphatic carbocycles. The van der Waals surface area contributed by atoms with Gasteiger partial charge in [0.05, 0.1) is 47.9 Å². The number of methoxy groups -OCH3 is 2. The van der Waals surface area contributed by atoms with Gasteiger partial charge in [0.1, 0.15) is 11.5 Å². The number of ether oxygens (including phenoxy) is 2. The molecule has 0 N–H and O–H groups in total. The highest BCUT2D eigenvalue weighted by atomic mass is 32.1. The predicted octanol–water partition coefficient (Wildman–Crippen LogP) is 5.07. The number of carbonyl (C=O) groups excluding carboxylic acids is 1. The fraction of sp³-hybridized carbons (Fsp3) is 0.185. The lowest BCUT2D eigenvalue weighted by atomic mass is 10.0. The summed E-state index contributed by atoms with van der Waals surface area (Å²) in [6, 6.07) is 16.5. The first-order chi connectivity index (χ1) is 17.1. The zero-order valence-corrected chi connectivity index (χ0v) is 20.2. The minimum absolute atomic E-state index is 0.215. The molecule has 0 atom stereocenters. The Balaban J connectivity index is 1.76. The largest absolute Gasteiger partial charge is 0.496 e. The van der Waals surface area contributed by atoms with E-state index >= 15 is 0 Å². The minimum Gasteiger partial charge on any atom is -0.496 e. The Morgan fingerprint density at radius 3 is 2.71 bits per heavy atom. The first kappa shape index (κ1) is 22.9. The quantitative estimate of drug-likeness (QED) is 0.305.